The molecular formula is C13H15BrClNO2. The van der Waals surface area contributed by atoms with Gasteiger partial charge in [-0.15, -0.1) is 11.6 Å². The number of ether oxygens (including phenoxy) is 1. The van der Waals surface area contributed by atoms with Crippen LogP contribution in [0, 0.1) is 0 Å². The first-order valence-corrected chi connectivity index (χ1v) is 7.18. The number of hydrogen-bond acceptors (Lipinski definition) is 2. The van der Waals surface area contributed by atoms with Gasteiger partial charge in [0.1, 0.15) is 0 Å². The predicted octanol–water partition coefficient (Wildman–Crippen LogP) is 2.92. The summed E-state index contributed by atoms with van der Waals surface area (Å²) in [5.74, 6) is 0.442. The summed E-state index contributed by atoms with van der Waals surface area (Å²) in [6.45, 7) is 3.08. The van der Waals surface area contributed by atoms with E-state index in [0.29, 0.717) is 24.6 Å². The highest BCUT2D eigenvalue weighted by Gasteiger charge is 2.29. The van der Waals surface area contributed by atoms with Crippen LogP contribution >= 0.6 is 27.5 Å². The van der Waals surface area contributed by atoms with Gasteiger partial charge in [0, 0.05) is 16.6 Å². The molecule has 1 aliphatic heterocycles. The van der Waals surface area contributed by atoms with Crippen molar-refractivity contribution in [2.45, 2.75) is 19.1 Å². The lowest BCUT2D eigenvalue weighted by Gasteiger charge is -2.37. The van der Waals surface area contributed by atoms with Gasteiger partial charge in [-0.05, 0) is 25.1 Å². The van der Waals surface area contributed by atoms with Gasteiger partial charge in [0.25, 0.3) is 5.91 Å². The molecule has 2 rings (SSSR count). The minimum atomic E-state index is -0.0704. The van der Waals surface area contributed by atoms with Crippen LogP contribution in [-0.4, -0.2) is 42.0 Å². The molecule has 0 aromatic heterocycles. The zero-order chi connectivity index (χ0) is 13.1. The fraction of sp³-hybridized carbons (Fsp3) is 0.462. The normalized spacial score (nSPS) is 24.1. The first-order chi connectivity index (χ1) is 8.61. The van der Waals surface area contributed by atoms with Gasteiger partial charge < -0.3 is 9.64 Å². The topological polar surface area (TPSA) is 29.5 Å². The minimum Gasteiger partial charge on any atom is -0.373 e. The zero-order valence-corrected chi connectivity index (χ0v) is 12.4. The maximum Gasteiger partial charge on any atom is 0.254 e. The maximum atomic E-state index is 12.4. The predicted molar refractivity (Wildman–Crippen MR) is 75.1 cm³/mol. The van der Waals surface area contributed by atoms with Gasteiger partial charge in [0.15, 0.2) is 0 Å². The number of amides is 1. The third-order valence-electron chi connectivity index (χ3n) is 3.01. The van der Waals surface area contributed by atoms with E-state index in [1.165, 1.54) is 0 Å². The summed E-state index contributed by atoms with van der Waals surface area (Å²) >= 11 is 9.18. The Bertz CT molecular complexity index is 441. The van der Waals surface area contributed by atoms with E-state index in [1.807, 2.05) is 36.1 Å². The van der Waals surface area contributed by atoms with Crippen LogP contribution in [-0.2, 0) is 4.74 Å². The molecular weight excluding hydrogens is 318 g/mol. The Morgan fingerprint density at radius 2 is 2.39 bits per heavy atom. The highest BCUT2D eigenvalue weighted by Crippen LogP contribution is 2.18. The fourth-order valence-electron chi connectivity index (χ4n) is 1.98. The third-order valence-corrected chi connectivity index (χ3v) is 3.85. The molecule has 1 aromatic rings. The van der Waals surface area contributed by atoms with Crippen molar-refractivity contribution in [3.05, 3.63) is 34.3 Å². The lowest BCUT2D eigenvalue weighted by atomic mass is 10.1. The zero-order valence-electron chi connectivity index (χ0n) is 10.1. The molecule has 3 nitrogen and oxygen atoms in total. The number of nitrogens with zero attached hydrogens (tertiary/aromatic N) is 1. The summed E-state index contributed by atoms with van der Waals surface area (Å²) in [5.41, 5.74) is 0.687. The lowest BCUT2D eigenvalue weighted by Crippen LogP contribution is -2.51. The Morgan fingerprint density at radius 1 is 1.61 bits per heavy atom. The van der Waals surface area contributed by atoms with Crippen LogP contribution in [0.3, 0.4) is 0 Å². The quantitative estimate of drug-likeness (QED) is 0.779. The number of alkyl halides is 1. The average Bonchev–Trinajstić information content (AvgIpc) is 2.38. The second-order valence-corrected chi connectivity index (χ2v) is 5.65. The van der Waals surface area contributed by atoms with Crippen LogP contribution in [0.4, 0.5) is 0 Å². The second-order valence-electron chi connectivity index (χ2n) is 4.43. The van der Waals surface area contributed by atoms with Gasteiger partial charge >= 0.3 is 0 Å². The Morgan fingerprint density at radius 3 is 3.06 bits per heavy atom. The molecule has 98 valence electrons. The summed E-state index contributed by atoms with van der Waals surface area (Å²) in [7, 11) is 0. The molecule has 5 heteroatoms. The van der Waals surface area contributed by atoms with Gasteiger partial charge in [0.2, 0.25) is 0 Å². The van der Waals surface area contributed by atoms with E-state index in [0.717, 1.165) is 4.47 Å². The summed E-state index contributed by atoms with van der Waals surface area (Å²) < 4.78 is 6.45. The highest BCUT2D eigenvalue weighted by molar-refractivity contribution is 9.10. The molecule has 1 saturated heterocycles. The fourth-order valence-corrected chi connectivity index (χ4v) is 2.57. The van der Waals surface area contributed by atoms with Crippen molar-refractivity contribution in [2.24, 2.45) is 0 Å². The van der Waals surface area contributed by atoms with E-state index in [9.17, 15) is 4.79 Å². The van der Waals surface area contributed by atoms with Crippen LogP contribution in [0.2, 0.25) is 0 Å². The smallest absolute Gasteiger partial charge is 0.254 e. The molecule has 1 fully saturated rings. The second kappa shape index (κ2) is 6.04. The van der Waals surface area contributed by atoms with Crippen molar-refractivity contribution in [2.75, 3.05) is 19.0 Å². The molecule has 18 heavy (non-hydrogen) atoms. The number of rotatable bonds is 2. The Labute approximate surface area is 120 Å². The Hall–Kier alpha value is -0.580. The highest BCUT2D eigenvalue weighted by atomic mass is 79.9. The van der Waals surface area contributed by atoms with E-state index in [1.54, 1.807) is 0 Å². The van der Waals surface area contributed by atoms with Crippen LogP contribution in [0.5, 0.6) is 0 Å². The number of halogens is 2. The van der Waals surface area contributed by atoms with Gasteiger partial charge in [-0.25, -0.2) is 0 Å². The van der Waals surface area contributed by atoms with Crippen molar-refractivity contribution >= 4 is 33.4 Å². The SMILES string of the molecule is CC1COC(CCl)CN1C(=O)c1cccc(Br)c1. The van der Waals surface area contributed by atoms with Gasteiger partial charge in [-0.1, -0.05) is 22.0 Å². The summed E-state index contributed by atoms with van der Waals surface area (Å²) in [4.78, 5) is 14.3. The summed E-state index contributed by atoms with van der Waals surface area (Å²) in [6, 6.07) is 7.50. The molecule has 2 atom stereocenters. The largest absolute Gasteiger partial charge is 0.373 e. The molecule has 2 unspecified atom stereocenters. The van der Waals surface area contributed by atoms with E-state index in [4.69, 9.17) is 16.3 Å². The molecule has 0 bridgehead atoms. The van der Waals surface area contributed by atoms with Crippen LogP contribution in [0.15, 0.2) is 28.7 Å². The maximum absolute atomic E-state index is 12.4. The van der Waals surface area contributed by atoms with E-state index < -0.39 is 0 Å². The van der Waals surface area contributed by atoms with Gasteiger partial charge in [-0.3, -0.25) is 4.79 Å². The molecule has 1 aliphatic rings. The Kier molecular flexibility index (Phi) is 4.65. The van der Waals surface area contributed by atoms with Crippen molar-refractivity contribution in [3.63, 3.8) is 0 Å². The van der Waals surface area contributed by atoms with E-state index >= 15 is 0 Å². The first kappa shape index (κ1) is 13.8. The molecule has 1 aromatic carbocycles. The number of carbonyl (C=O) groups is 1. The third kappa shape index (κ3) is 3.05. The van der Waals surface area contributed by atoms with E-state index in [-0.39, 0.29) is 18.1 Å². The monoisotopic (exact) mass is 331 g/mol. The van der Waals surface area contributed by atoms with Crippen molar-refractivity contribution in [1.82, 2.24) is 4.90 Å². The molecule has 0 radical (unpaired) electrons. The van der Waals surface area contributed by atoms with E-state index in [2.05, 4.69) is 15.9 Å². The first-order valence-electron chi connectivity index (χ1n) is 5.86. The molecule has 0 N–H and O–H groups in total. The lowest BCUT2D eigenvalue weighted by molar-refractivity contribution is -0.0371. The molecule has 0 aliphatic carbocycles. The van der Waals surface area contributed by atoms with Gasteiger partial charge in [-0.2, -0.15) is 0 Å². The molecule has 0 spiro atoms. The number of hydrogen-bond donors (Lipinski definition) is 0. The minimum absolute atomic E-state index is 0.0298. The number of morpholine rings is 1. The Balaban J connectivity index is 2.16. The van der Waals surface area contributed by atoms with Crippen LogP contribution in [0.1, 0.15) is 17.3 Å². The van der Waals surface area contributed by atoms with Crippen molar-refractivity contribution in [1.29, 1.82) is 0 Å². The number of carbonyl (C=O) groups excluding carboxylic acids is 1. The summed E-state index contributed by atoms with van der Waals surface area (Å²) in [5, 5.41) is 0. The molecule has 0 saturated carbocycles. The number of benzene rings is 1. The average molecular weight is 333 g/mol. The van der Waals surface area contributed by atoms with Crippen LogP contribution in [0.25, 0.3) is 0 Å². The van der Waals surface area contributed by atoms with Crippen molar-refractivity contribution in [3.8, 4) is 0 Å². The molecule has 1 amide bonds. The van der Waals surface area contributed by atoms with Gasteiger partial charge in [0.05, 0.1) is 24.6 Å². The molecule has 1 heterocycles. The van der Waals surface area contributed by atoms with Crippen LogP contribution < -0.4 is 0 Å². The van der Waals surface area contributed by atoms with Crippen molar-refractivity contribution < 1.29 is 9.53 Å². The summed E-state index contributed by atoms with van der Waals surface area (Å²) in [6.07, 6.45) is -0.0704. The standard InChI is InChI=1S/C13H15BrClNO2/c1-9-8-18-12(6-15)7-16(9)13(17)10-3-2-4-11(14)5-10/h2-5,9,12H,6-8H2,1H3.